The highest BCUT2D eigenvalue weighted by Crippen LogP contribution is 2.19. The Morgan fingerprint density at radius 2 is 1.35 bits per heavy atom. The lowest BCUT2D eigenvalue weighted by Gasteiger charge is -2.11. The van der Waals surface area contributed by atoms with Gasteiger partial charge in [-0.25, -0.2) is 0 Å². The number of ether oxygens (including phenoxy) is 2. The summed E-state index contributed by atoms with van der Waals surface area (Å²) >= 11 is 0. The molecular weight excluding hydrogens is 392 g/mol. The first-order valence-electron chi connectivity index (χ1n) is 10.1. The van der Waals surface area contributed by atoms with Crippen LogP contribution in [-0.4, -0.2) is 25.0 Å². The van der Waals surface area contributed by atoms with Crippen LogP contribution in [0.1, 0.15) is 24.2 Å². The monoisotopic (exact) mass is 418 g/mol. The maximum Gasteiger partial charge on any atom is 0.255 e. The summed E-state index contributed by atoms with van der Waals surface area (Å²) in [5.74, 6) is 0.898. The Morgan fingerprint density at radius 1 is 0.742 bits per heavy atom. The highest BCUT2D eigenvalue weighted by atomic mass is 16.5. The Labute approximate surface area is 182 Å². The second kappa shape index (κ2) is 10.8. The minimum atomic E-state index is -0.265. The number of para-hydroxylation sites is 1. The van der Waals surface area contributed by atoms with E-state index >= 15 is 0 Å². The van der Waals surface area contributed by atoms with Crippen LogP contribution in [0.3, 0.4) is 0 Å². The maximum absolute atomic E-state index is 12.6. The van der Waals surface area contributed by atoms with E-state index in [1.54, 1.807) is 48.5 Å². The first-order valence-corrected chi connectivity index (χ1v) is 10.1. The van der Waals surface area contributed by atoms with Crippen molar-refractivity contribution in [3.05, 3.63) is 84.4 Å². The van der Waals surface area contributed by atoms with Crippen molar-refractivity contribution < 1.29 is 19.1 Å². The predicted octanol–water partition coefficient (Wildman–Crippen LogP) is 4.99. The standard InChI is InChI=1S/C25H26N2O4/c1-18(2)24(28)26-20-9-7-10-21(17-20)27-25(29)19-8-6-13-23(16-19)31-15-14-30-22-11-4-3-5-12-22/h3-13,16-18H,14-15H2,1-2H3,(H,26,28)(H,27,29). The number of nitrogens with one attached hydrogen (secondary N) is 2. The Kier molecular flexibility index (Phi) is 7.65. The van der Waals surface area contributed by atoms with Crippen molar-refractivity contribution in [1.29, 1.82) is 0 Å². The van der Waals surface area contributed by atoms with Crippen LogP contribution in [-0.2, 0) is 4.79 Å². The van der Waals surface area contributed by atoms with Gasteiger partial charge in [0.05, 0.1) is 0 Å². The number of hydrogen-bond donors (Lipinski definition) is 2. The molecule has 0 atom stereocenters. The molecule has 160 valence electrons. The van der Waals surface area contributed by atoms with Crippen LogP contribution in [0.2, 0.25) is 0 Å². The van der Waals surface area contributed by atoms with Gasteiger partial charge in [-0.05, 0) is 48.5 Å². The third-order valence-corrected chi connectivity index (χ3v) is 4.37. The van der Waals surface area contributed by atoms with E-state index < -0.39 is 0 Å². The average Bonchev–Trinajstić information content (AvgIpc) is 2.78. The van der Waals surface area contributed by atoms with Crippen molar-refractivity contribution in [2.75, 3.05) is 23.8 Å². The molecule has 3 aromatic rings. The minimum Gasteiger partial charge on any atom is -0.490 e. The highest BCUT2D eigenvalue weighted by Gasteiger charge is 2.10. The lowest BCUT2D eigenvalue weighted by Crippen LogP contribution is -2.18. The highest BCUT2D eigenvalue weighted by molar-refractivity contribution is 6.05. The summed E-state index contributed by atoms with van der Waals surface area (Å²) in [7, 11) is 0. The summed E-state index contributed by atoms with van der Waals surface area (Å²) in [6.45, 7) is 4.40. The molecule has 0 aromatic heterocycles. The number of carbonyl (C=O) groups excluding carboxylic acids is 2. The van der Waals surface area contributed by atoms with Gasteiger partial charge in [0.2, 0.25) is 5.91 Å². The topological polar surface area (TPSA) is 76.7 Å². The first-order chi connectivity index (χ1) is 15.0. The quantitative estimate of drug-likeness (QED) is 0.480. The molecule has 3 rings (SSSR count). The smallest absolute Gasteiger partial charge is 0.255 e. The molecule has 0 aliphatic carbocycles. The predicted molar refractivity (Wildman–Crippen MR) is 122 cm³/mol. The number of hydrogen-bond acceptors (Lipinski definition) is 4. The van der Waals surface area contributed by atoms with Crippen molar-refractivity contribution in [3.63, 3.8) is 0 Å². The number of amides is 2. The molecule has 6 heteroatoms. The molecule has 0 spiro atoms. The van der Waals surface area contributed by atoms with Crippen molar-refractivity contribution in [1.82, 2.24) is 0 Å². The van der Waals surface area contributed by atoms with Crippen LogP contribution in [0.15, 0.2) is 78.9 Å². The van der Waals surface area contributed by atoms with Crippen LogP contribution < -0.4 is 20.1 Å². The van der Waals surface area contributed by atoms with E-state index in [-0.39, 0.29) is 17.7 Å². The van der Waals surface area contributed by atoms with Crippen LogP contribution in [0, 0.1) is 5.92 Å². The van der Waals surface area contributed by atoms with Crippen molar-refractivity contribution >= 4 is 23.2 Å². The van der Waals surface area contributed by atoms with Gasteiger partial charge < -0.3 is 20.1 Å². The van der Waals surface area contributed by atoms with Gasteiger partial charge in [-0.15, -0.1) is 0 Å². The molecule has 0 unspecified atom stereocenters. The van der Waals surface area contributed by atoms with E-state index in [4.69, 9.17) is 9.47 Å². The van der Waals surface area contributed by atoms with Gasteiger partial charge in [0, 0.05) is 22.9 Å². The van der Waals surface area contributed by atoms with Gasteiger partial charge in [0.25, 0.3) is 5.91 Å². The second-order valence-corrected chi connectivity index (χ2v) is 7.22. The van der Waals surface area contributed by atoms with Crippen molar-refractivity contribution in [3.8, 4) is 11.5 Å². The van der Waals surface area contributed by atoms with E-state index in [1.807, 2.05) is 44.2 Å². The van der Waals surface area contributed by atoms with E-state index in [1.165, 1.54) is 0 Å². The molecule has 0 fully saturated rings. The Hall–Kier alpha value is -3.80. The van der Waals surface area contributed by atoms with Crippen LogP contribution in [0.5, 0.6) is 11.5 Å². The van der Waals surface area contributed by atoms with E-state index in [0.717, 1.165) is 5.75 Å². The van der Waals surface area contributed by atoms with E-state index in [2.05, 4.69) is 10.6 Å². The fraction of sp³-hybridized carbons (Fsp3) is 0.200. The SMILES string of the molecule is CC(C)C(=O)Nc1cccc(NC(=O)c2cccc(OCCOc3ccccc3)c2)c1. The number of anilines is 2. The third kappa shape index (κ3) is 6.89. The van der Waals surface area contributed by atoms with E-state index in [0.29, 0.717) is 35.9 Å². The molecule has 0 saturated carbocycles. The Bertz CT molecular complexity index is 1020. The summed E-state index contributed by atoms with van der Waals surface area (Å²) in [5.41, 5.74) is 1.69. The molecule has 0 heterocycles. The summed E-state index contributed by atoms with van der Waals surface area (Å²) in [6.07, 6.45) is 0. The fourth-order valence-corrected chi connectivity index (χ4v) is 2.73. The summed E-state index contributed by atoms with van der Waals surface area (Å²) in [4.78, 5) is 24.5. The molecule has 2 N–H and O–H groups in total. The second-order valence-electron chi connectivity index (χ2n) is 7.22. The maximum atomic E-state index is 12.6. The molecule has 2 amide bonds. The van der Waals surface area contributed by atoms with Gasteiger partial charge in [0.1, 0.15) is 24.7 Å². The molecule has 0 radical (unpaired) electrons. The Morgan fingerprint density at radius 3 is 2.06 bits per heavy atom. The van der Waals surface area contributed by atoms with Crippen molar-refractivity contribution in [2.45, 2.75) is 13.8 Å². The normalized spacial score (nSPS) is 10.4. The average molecular weight is 418 g/mol. The molecule has 31 heavy (non-hydrogen) atoms. The van der Waals surface area contributed by atoms with Crippen LogP contribution >= 0.6 is 0 Å². The largest absolute Gasteiger partial charge is 0.490 e. The Balaban J connectivity index is 1.54. The number of benzene rings is 3. The first kappa shape index (κ1) is 21.9. The zero-order valence-electron chi connectivity index (χ0n) is 17.6. The molecule has 0 bridgehead atoms. The summed E-state index contributed by atoms with van der Waals surface area (Å²) in [6, 6.07) is 23.5. The van der Waals surface area contributed by atoms with Gasteiger partial charge in [-0.1, -0.05) is 44.2 Å². The lowest BCUT2D eigenvalue weighted by molar-refractivity contribution is -0.118. The molecular formula is C25H26N2O4. The summed E-state index contributed by atoms with van der Waals surface area (Å²) in [5, 5.41) is 5.67. The van der Waals surface area contributed by atoms with Crippen LogP contribution in [0.25, 0.3) is 0 Å². The van der Waals surface area contributed by atoms with Gasteiger partial charge >= 0.3 is 0 Å². The van der Waals surface area contributed by atoms with Gasteiger partial charge in [-0.3, -0.25) is 9.59 Å². The van der Waals surface area contributed by atoms with Gasteiger partial charge in [-0.2, -0.15) is 0 Å². The minimum absolute atomic E-state index is 0.0791. The zero-order valence-corrected chi connectivity index (χ0v) is 17.6. The van der Waals surface area contributed by atoms with Crippen LogP contribution in [0.4, 0.5) is 11.4 Å². The fourth-order valence-electron chi connectivity index (χ4n) is 2.73. The molecule has 6 nitrogen and oxygen atoms in total. The van der Waals surface area contributed by atoms with E-state index in [9.17, 15) is 9.59 Å². The number of rotatable bonds is 9. The third-order valence-electron chi connectivity index (χ3n) is 4.37. The summed E-state index contributed by atoms with van der Waals surface area (Å²) < 4.78 is 11.3. The lowest BCUT2D eigenvalue weighted by atomic mass is 10.2. The molecule has 0 saturated heterocycles. The zero-order chi connectivity index (χ0) is 22.1. The number of carbonyl (C=O) groups is 2. The van der Waals surface area contributed by atoms with Crippen molar-refractivity contribution in [2.24, 2.45) is 5.92 Å². The molecule has 0 aliphatic heterocycles. The van der Waals surface area contributed by atoms with Gasteiger partial charge in [0.15, 0.2) is 0 Å². The molecule has 3 aromatic carbocycles. The molecule has 0 aliphatic rings.